The van der Waals surface area contributed by atoms with Crippen molar-refractivity contribution < 1.29 is 22.7 Å². The second kappa shape index (κ2) is 6.10. The van der Waals surface area contributed by atoms with Crippen molar-refractivity contribution in [3.63, 3.8) is 0 Å². The molecule has 0 radical (unpaired) electrons. The van der Waals surface area contributed by atoms with Gasteiger partial charge in [0.25, 0.3) is 0 Å². The number of rotatable bonds is 3. The highest BCUT2D eigenvalue weighted by Crippen LogP contribution is 2.30. The Bertz CT molecular complexity index is 736. The summed E-state index contributed by atoms with van der Waals surface area (Å²) in [5.74, 6) is -1.92. The smallest absolute Gasteiger partial charge is 0.433 e. The Morgan fingerprint density at radius 3 is 2.41 bits per heavy atom. The van der Waals surface area contributed by atoms with Crippen molar-refractivity contribution in [2.24, 2.45) is 0 Å². The minimum Gasteiger partial charge on any atom is -0.481 e. The molecule has 22 heavy (non-hydrogen) atoms. The van der Waals surface area contributed by atoms with Gasteiger partial charge in [-0.15, -0.1) is 0 Å². The van der Waals surface area contributed by atoms with Crippen molar-refractivity contribution in [3.05, 3.63) is 51.4 Å². The van der Waals surface area contributed by atoms with Crippen LogP contribution < -0.4 is 4.74 Å². The molecule has 0 saturated carbocycles. The van der Waals surface area contributed by atoms with Crippen LogP contribution in [0.3, 0.4) is 0 Å². The highest BCUT2D eigenvalue weighted by molar-refractivity contribution is 6.37. The van der Waals surface area contributed by atoms with Crippen LogP contribution >= 0.6 is 23.2 Å². The summed E-state index contributed by atoms with van der Waals surface area (Å²) < 4.78 is 43.0. The minimum atomic E-state index is -4.74. The minimum absolute atomic E-state index is 0.0162. The maximum atomic E-state index is 12.8. The number of aromatic nitrogens is 2. The van der Waals surface area contributed by atoms with E-state index in [1.54, 1.807) is 0 Å². The third-order valence-corrected chi connectivity index (χ3v) is 3.13. The topological polar surface area (TPSA) is 52.1 Å². The van der Waals surface area contributed by atoms with Gasteiger partial charge < -0.3 is 4.74 Å². The molecule has 0 N–H and O–H groups in total. The Labute approximate surface area is 132 Å². The number of benzene rings is 1. The first kappa shape index (κ1) is 16.5. The van der Waals surface area contributed by atoms with E-state index < -0.39 is 23.5 Å². The molecule has 116 valence electrons. The predicted octanol–water partition coefficient (Wildman–Crippen LogP) is 4.04. The summed E-state index contributed by atoms with van der Waals surface area (Å²) in [4.78, 5) is 19.1. The van der Waals surface area contributed by atoms with E-state index in [9.17, 15) is 18.0 Å². The quantitative estimate of drug-likeness (QED) is 0.784. The van der Waals surface area contributed by atoms with E-state index in [0.29, 0.717) is 6.07 Å². The van der Waals surface area contributed by atoms with Gasteiger partial charge in [0, 0.05) is 16.7 Å². The summed E-state index contributed by atoms with van der Waals surface area (Å²) in [6, 6.07) is 4.55. The van der Waals surface area contributed by atoms with E-state index >= 15 is 0 Å². The Morgan fingerprint density at radius 1 is 1.18 bits per heavy atom. The summed E-state index contributed by atoms with van der Waals surface area (Å²) in [5, 5.41) is 0.265. The lowest BCUT2D eigenvalue weighted by Crippen LogP contribution is -2.15. The standard InChI is InChI=1S/C13H7Cl2F3N2O2/c1-22-10-5-9(13(16,17)18)19-12(20-10)11(21)7-3-2-6(14)4-8(7)15/h2-5H,1H3. The molecular weight excluding hydrogens is 344 g/mol. The zero-order valence-corrected chi connectivity index (χ0v) is 12.4. The van der Waals surface area contributed by atoms with Gasteiger partial charge in [-0.1, -0.05) is 23.2 Å². The number of alkyl halides is 3. The molecular formula is C13H7Cl2F3N2O2. The Morgan fingerprint density at radius 2 is 1.86 bits per heavy atom. The van der Waals surface area contributed by atoms with E-state index in [1.165, 1.54) is 18.2 Å². The number of methoxy groups -OCH3 is 1. The SMILES string of the molecule is COc1cc(C(F)(F)F)nc(C(=O)c2ccc(Cl)cc2Cl)n1. The van der Waals surface area contributed by atoms with E-state index in [2.05, 4.69) is 14.7 Å². The molecule has 1 aromatic carbocycles. The van der Waals surface area contributed by atoms with E-state index in [1.807, 2.05) is 0 Å². The molecule has 1 heterocycles. The van der Waals surface area contributed by atoms with Gasteiger partial charge in [0.05, 0.1) is 12.1 Å². The molecule has 0 bridgehead atoms. The highest BCUT2D eigenvalue weighted by Gasteiger charge is 2.35. The fourth-order valence-corrected chi connectivity index (χ4v) is 2.06. The molecule has 0 spiro atoms. The van der Waals surface area contributed by atoms with E-state index in [-0.39, 0.29) is 21.5 Å². The lowest BCUT2D eigenvalue weighted by molar-refractivity contribution is -0.141. The van der Waals surface area contributed by atoms with Gasteiger partial charge in [0.15, 0.2) is 5.69 Å². The molecule has 2 rings (SSSR count). The van der Waals surface area contributed by atoms with Crippen LogP contribution in [0, 0.1) is 0 Å². The molecule has 0 unspecified atom stereocenters. The van der Waals surface area contributed by atoms with Crippen molar-refractivity contribution in [1.82, 2.24) is 9.97 Å². The zero-order chi connectivity index (χ0) is 16.5. The first-order chi connectivity index (χ1) is 10.2. The summed E-state index contributed by atoms with van der Waals surface area (Å²) >= 11 is 11.6. The third-order valence-electron chi connectivity index (χ3n) is 2.58. The molecule has 0 aliphatic rings. The van der Waals surface area contributed by atoms with Crippen molar-refractivity contribution >= 4 is 29.0 Å². The van der Waals surface area contributed by atoms with Crippen molar-refractivity contribution in [2.45, 2.75) is 6.18 Å². The normalized spacial score (nSPS) is 11.4. The van der Waals surface area contributed by atoms with Gasteiger partial charge in [-0.25, -0.2) is 4.98 Å². The number of hydrogen-bond acceptors (Lipinski definition) is 4. The molecule has 0 saturated heterocycles. The van der Waals surface area contributed by atoms with Gasteiger partial charge in [-0.2, -0.15) is 18.2 Å². The molecule has 0 aliphatic heterocycles. The van der Waals surface area contributed by atoms with Gasteiger partial charge in [-0.05, 0) is 18.2 Å². The van der Waals surface area contributed by atoms with Crippen LogP contribution in [0.2, 0.25) is 10.0 Å². The molecule has 2 aromatic rings. The molecule has 1 aromatic heterocycles. The number of ether oxygens (including phenoxy) is 1. The fourth-order valence-electron chi connectivity index (χ4n) is 1.57. The first-order valence-electron chi connectivity index (χ1n) is 5.72. The number of carbonyl (C=O) groups excluding carboxylic acids is 1. The average molecular weight is 351 g/mol. The van der Waals surface area contributed by atoms with Crippen LogP contribution in [0.1, 0.15) is 21.9 Å². The van der Waals surface area contributed by atoms with Crippen LogP contribution in [0.15, 0.2) is 24.3 Å². The molecule has 4 nitrogen and oxygen atoms in total. The van der Waals surface area contributed by atoms with Crippen LogP contribution in [-0.2, 0) is 6.18 Å². The van der Waals surface area contributed by atoms with Crippen LogP contribution in [-0.4, -0.2) is 22.9 Å². The molecule has 0 atom stereocenters. The number of hydrogen-bond donors (Lipinski definition) is 0. The van der Waals surface area contributed by atoms with Crippen LogP contribution in [0.25, 0.3) is 0 Å². The van der Waals surface area contributed by atoms with Gasteiger partial charge >= 0.3 is 6.18 Å². The van der Waals surface area contributed by atoms with Crippen molar-refractivity contribution in [1.29, 1.82) is 0 Å². The Balaban J connectivity index is 2.53. The molecule has 0 aliphatic carbocycles. The second-order valence-corrected chi connectivity index (χ2v) is 4.91. The van der Waals surface area contributed by atoms with Gasteiger partial charge in [0.2, 0.25) is 17.5 Å². The summed E-state index contributed by atoms with van der Waals surface area (Å²) in [7, 11) is 1.13. The molecule has 0 fully saturated rings. The van der Waals surface area contributed by atoms with Crippen molar-refractivity contribution in [3.8, 4) is 5.88 Å². The summed E-state index contributed by atoms with van der Waals surface area (Å²) in [5.41, 5.74) is -1.35. The number of carbonyl (C=O) groups is 1. The lowest BCUT2D eigenvalue weighted by Gasteiger charge is -2.09. The van der Waals surface area contributed by atoms with Crippen LogP contribution in [0.4, 0.5) is 13.2 Å². The van der Waals surface area contributed by atoms with Gasteiger partial charge in [0.1, 0.15) is 0 Å². The third kappa shape index (κ3) is 3.48. The first-order valence-corrected chi connectivity index (χ1v) is 6.48. The van der Waals surface area contributed by atoms with Crippen molar-refractivity contribution in [2.75, 3.05) is 7.11 Å². The van der Waals surface area contributed by atoms with Crippen LogP contribution in [0.5, 0.6) is 5.88 Å². The average Bonchev–Trinajstić information content (AvgIpc) is 2.45. The fraction of sp³-hybridized carbons (Fsp3) is 0.154. The van der Waals surface area contributed by atoms with E-state index in [4.69, 9.17) is 23.2 Å². The highest BCUT2D eigenvalue weighted by atomic mass is 35.5. The number of ketones is 1. The molecule has 0 amide bonds. The maximum absolute atomic E-state index is 12.8. The Kier molecular flexibility index (Phi) is 4.58. The largest absolute Gasteiger partial charge is 0.481 e. The summed E-state index contributed by atoms with van der Waals surface area (Å²) in [6.07, 6.45) is -4.74. The Hall–Kier alpha value is -1.86. The zero-order valence-electron chi connectivity index (χ0n) is 10.9. The maximum Gasteiger partial charge on any atom is 0.433 e. The van der Waals surface area contributed by atoms with Gasteiger partial charge in [-0.3, -0.25) is 4.79 Å². The monoisotopic (exact) mass is 350 g/mol. The lowest BCUT2D eigenvalue weighted by atomic mass is 10.1. The second-order valence-electron chi connectivity index (χ2n) is 4.07. The van der Waals surface area contributed by atoms with E-state index in [0.717, 1.165) is 7.11 Å². The number of halogens is 5. The molecule has 9 heteroatoms. The predicted molar refractivity (Wildman–Crippen MR) is 73.5 cm³/mol. The number of nitrogens with zero attached hydrogens (tertiary/aromatic N) is 2. The summed E-state index contributed by atoms with van der Waals surface area (Å²) in [6.45, 7) is 0.